The molecule has 0 unspecified atom stereocenters. The zero-order valence-electron chi connectivity index (χ0n) is 16.5. The van der Waals surface area contributed by atoms with Crippen molar-refractivity contribution in [3.63, 3.8) is 0 Å². The molecule has 2 aromatic carbocycles. The van der Waals surface area contributed by atoms with Gasteiger partial charge in [0.2, 0.25) is 0 Å². The average molecular weight is 425 g/mol. The Hall–Kier alpha value is -3.26. The number of urea groups is 1. The maximum atomic E-state index is 13.4. The van der Waals surface area contributed by atoms with Gasteiger partial charge in [0.1, 0.15) is 5.82 Å². The van der Waals surface area contributed by atoms with Gasteiger partial charge in [-0.3, -0.25) is 4.79 Å². The molecular weight excluding hydrogens is 403 g/mol. The second-order valence-electron chi connectivity index (χ2n) is 7.05. The van der Waals surface area contributed by atoms with Gasteiger partial charge in [0, 0.05) is 48.4 Å². The van der Waals surface area contributed by atoms with E-state index in [0.29, 0.717) is 37.4 Å². The summed E-state index contributed by atoms with van der Waals surface area (Å²) in [4.78, 5) is 32.9. The first-order chi connectivity index (χ1) is 14.5. The van der Waals surface area contributed by atoms with Crippen LogP contribution in [0, 0.1) is 12.7 Å². The fourth-order valence-corrected chi connectivity index (χ4v) is 3.96. The molecule has 1 aromatic heterocycles. The predicted molar refractivity (Wildman–Crippen MR) is 115 cm³/mol. The summed E-state index contributed by atoms with van der Waals surface area (Å²) in [5.41, 5.74) is 2.95. The Kier molecular flexibility index (Phi) is 5.76. The maximum absolute atomic E-state index is 13.4. The number of hydrogen-bond acceptors (Lipinski definition) is 4. The Morgan fingerprint density at radius 2 is 1.73 bits per heavy atom. The lowest BCUT2D eigenvalue weighted by atomic mass is 10.1. The van der Waals surface area contributed by atoms with E-state index < -0.39 is 5.82 Å². The van der Waals surface area contributed by atoms with Crippen LogP contribution in [0.3, 0.4) is 0 Å². The lowest BCUT2D eigenvalue weighted by molar-refractivity contribution is 0.0671. The third kappa shape index (κ3) is 4.49. The van der Waals surface area contributed by atoms with Crippen molar-refractivity contribution in [1.82, 2.24) is 14.8 Å². The van der Waals surface area contributed by atoms with Gasteiger partial charge < -0.3 is 15.1 Å². The molecule has 30 heavy (non-hydrogen) atoms. The average Bonchev–Trinajstić information content (AvgIpc) is 3.20. The molecule has 154 valence electrons. The first-order valence-corrected chi connectivity index (χ1v) is 10.5. The number of anilines is 1. The number of thiazole rings is 1. The largest absolute Gasteiger partial charge is 0.335 e. The van der Waals surface area contributed by atoms with Crippen molar-refractivity contribution in [2.45, 2.75) is 6.92 Å². The molecule has 1 aliphatic rings. The number of piperazine rings is 1. The van der Waals surface area contributed by atoms with Crippen LogP contribution in [-0.2, 0) is 0 Å². The number of carbonyl (C=O) groups is 2. The number of amides is 3. The number of benzene rings is 2. The van der Waals surface area contributed by atoms with Gasteiger partial charge in [0.15, 0.2) is 0 Å². The molecule has 3 amide bonds. The highest BCUT2D eigenvalue weighted by Gasteiger charge is 2.25. The summed E-state index contributed by atoms with van der Waals surface area (Å²) in [6.45, 7) is 3.62. The SMILES string of the molecule is Cc1nc(-c2ccc(NC(=O)N3CCN(C(=O)c4cccc(F)c4)CC3)cc2)cs1. The number of aryl methyl sites for hydroxylation is 1. The number of nitrogens with zero attached hydrogens (tertiary/aromatic N) is 3. The van der Waals surface area contributed by atoms with Gasteiger partial charge >= 0.3 is 6.03 Å². The maximum Gasteiger partial charge on any atom is 0.321 e. The molecule has 4 rings (SSSR count). The van der Waals surface area contributed by atoms with E-state index in [2.05, 4.69) is 10.3 Å². The molecule has 1 fully saturated rings. The van der Waals surface area contributed by atoms with E-state index >= 15 is 0 Å². The smallest absolute Gasteiger partial charge is 0.321 e. The monoisotopic (exact) mass is 424 g/mol. The van der Waals surface area contributed by atoms with Crippen LogP contribution < -0.4 is 5.32 Å². The highest BCUT2D eigenvalue weighted by Crippen LogP contribution is 2.23. The van der Waals surface area contributed by atoms with Gasteiger partial charge in [-0.15, -0.1) is 11.3 Å². The molecule has 3 aromatic rings. The van der Waals surface area contributed by atoms with Crippen molar-refractivity contribution in [2.24, 2.45) is 0 Å². The predicted octanol–water partition coefficient (Wildman–Crippen LogP) is 4.25. The molecule has 2 heterocycles. The van der Waals surface area contributed by atoms with Crippen LogP contribution in [0.5, 0.6) is 0 Å². The summed E-state index contributed by atoms with van der Waals surface area (Å²) >= 11 is 1.60. The van der Waals surface area contributed by atoms with E-state index in [0.717, 1.165) is 16.3 Å². The van der Waals surface area contributed by atoms with Crippen LogP contribution in [0.1, 0.15) is 15.4 Å². The zero-order chi connectivity index (χ0) is 21.1. The van der Waals surface area contributed by atoms with Crippen LogP contribution in [0.15, 0.2) is 53.9 Å². The van der Waals surface area contributed by atoms with Crippen LogP contribution in [-0.4, -0.2) is 52.9 Å². The standard InChI is InChI=1S/C22H21FN4O2S/c1-15-24-20(14-30-15)16-5-7-19(8-6-16)25-22(29)27-11-9-26(10-12-27)21(28)17-3-2-4-18(23)13-17/h2-8,13-14H,9-12H2,1H3,(H,25,29). The summed E-state index contributed by atoms with van der Waals surface area (Å²) in [5, 5.41) is 5.91. The van der Waals surface area contributed by atoms with Gasteiger partial charge in [-0.05, 0) is 37.3 Å². The lowest BCUT2D eigenvalue weighted by Crippen LogP contribution is -2.51. The number of nitrogens with one attached hydrogen (secondary N) is 1. The minimum atomic E-state index is -0.435. The van der Waals surface area contributed by atoms with Crippen LogP contribution >= 0.6 is 11.3 Å². The van der Waals surface area contributed by atoms with Crippen LogP contribution in [0.4, 0.5) is 14.9 Å². The van der Waals surface area contributed by atoms with E-state index in [-0.39, 0.29) is 11.9 Å². The van der Waals surface area contributed by atoms with Crippen molar-refractivity contribution in [2.75, 3.05) is 31.5 Å². The molecule has 0 atom stereocenters. The summed E-state index contributed by atoms with van der Waals surface area (Å²) in [6.07, 6.45) is 0. The van der Waals surface area contributed by atoms with E-state index in [1.54, 1.807) is 27.2 Å². The van der Waals surface area contributed by atoms with Gasteiger partial charge in [-0.2, -0.15) is 0 Å². The molecule has 0 aliphatic carbocycles. The van der Waals surface area contributed by atoms with E-state index in [1.165, 1.54) is 18.2 Å². The van der Waals surface area contributed by atoms with E-state index in [1.807, 2.05) is 36.6 Å². The van der Waals surface area contributed by atoms with Crippen molar-refractivity contribution >= 4 is 29.0 Å². The zero-order valence-corrected chi connectivity index (χ0v) is 17.3. The molecule has 0 bridgehead atoms. The quantitative estimate of drug-likeness (QED) is 0.684. The molecule has 1 aliphatic heterocycles. The van der Waals surface area contributed by atoms with Gasteiger partial charge in [-0.1, -0.05) is 18.2 Å². The van der Waals surface area contributed by atoms with E-state index in [4.69, 9.17) is 0 Å². The second kappa shape index (κ2) is 8.62. The molecule has 0 spiro atoms. The molecule has 0 saturated carbocycles. The summed E-state index contributed by atoms with van der Waals surface area (Å²) in [5.74, 6) is -0.655. The third-order valence-electron chi connectivity index (χ3n) is 4.98. The fourth-order valence-electron chi connectivity index (χ4n) is 3.34. The molecular formula is C22H21FN4O2S. The summed E-state index contributed by atoms with van der Waals surface area (Å²) < 4.78 is 13.4. The number of rotatable bonds is 3. The Morgan fingerprint density at radius 3 is 2.37 bits per heavy atom. The minimum Gasteiger partial charge on any atom is -0.335 e. The highest BCUT2D eigenvalue weighted by molar-refractivity contribution is 7.09. The van der Waals surface area contributed by atoms with Gasteiger partial charge in [0.05, 0.1) is 10.7 Å². The topological polar surface area (TPSA) is 65.5 Å². The first-order valence-electron chi connectivity index (χ1n) is 9.63. The summed E-state index contributed by atoms with van der Waals surface area (Å²) in [6, 6.07) is 13.0. The molecule has 8 heteroatoms. The Morgan fingerprint density at radius 1 is 1.03 bits per heavy atom. The first kappa shape index (κ1) is 20.0. The highest BCUT2D eigenvalue weighted by atomic mass is 32.1. The fraction of sp³-hybridized carbons (Fsp3) is 0.227. The third-order valence-corrected chi connectivity index (χ3v) is 5.75. The number of halogens is 1. The summed E-state index contributed by atoms with van der Waals surface area (Å²) in [7, 11) is 0. The Balaban J connectivity index is 1.31. The number of carbonyl (C=O) groups excluding carboxylic acids is 2. The van der Waals surface area contributed by atoms with Gasteiger partial charge in [0.25, 0.3) is 5.91 Å². The van der Waals surface area contributed by atoms with Crippen molar-refractivity contribution in [3.05, 3.63) is 70.3 Å². The van der Waals surface area contributed by atoms with Gasteiger partial charge in [-0.25, -0.2) is 14.2 Å². The molecule has 1 saturated heterocycles. The van der Waals surface area contributed by atoms with Crippen LogP contribution in [0.2, 0.25) is 0 Å². The normalized spacial score (nSPS) is 13.9. The van der Waals surface area contributed by atoms with Crippen molar-refractivity contribution < 1.29 is 14.0 Å². The Labute approximate surface area is 178 Å². The van der Waals surface area contributed by atoms with Crippen LogP contribution in [0.25, 0.3) is 11.3 Å². The Bertz CT molecular complexity index is 1060. The molecule has 1 N–H and O–H groups in total. The van der Waals surface area contributed by atoms with Crippen molar-refractivity contribution in [3.8, 4) is 11.3 Å². The van der Waals surface area contributed by atoms with E-state index in [9.17, 15) is 14.0 Å². The van der Waals surface area contributed by atoms with Crippen molar-refractivity contribution in [1.29, 1.82) is 0 Å². The number of aromatic nitrogens is 1. The minimum absolute atomic E-state index is 0.204. The lowest BCUT2D eigenvalue weighted by Gasteiger charge is -2.34. The second-order valence-corrected chi connectivity index (χ2v) is 8.11. The molecule has 6 nitrogen and oxygen atoms in total. The molecule has 0 radical (unpaired) electrons. The number of hydrogen-bond donors (Lipinski definition) is 1.